The Kier molecular flexibility index (Phi) is 25.3. The predicted octanol–water partition coefficient (Wildman–Crippen LogP) is 6.52. The molecule has 2 atom stereocenters. The average molecular weight is 795 g/mol. The minimum absolute atomic E-state index is 0. The molecule has 0 aliphatic carbocycles. The zero-order chi connectivity index (χ0) is 33.6. The number of benzene rings is 4. The molecule has 48 heavy (non-hydrogen) atoms. The smallest absolute Gasteiger partial charge is 0.573 e. The van der Waals surface area contributed by atoms with Gasteiger partial charge in [-0.3, -0.25) is 6.79 Å². The summed E-state index contributed by atoms with van der Waals surface area (Å²) >= 11 is 0. The maximum Gasteiger partial charge on any atom is 2.00 e. The summed E-state index contributed by atoms with van der Waals surface area (Å²) in [5.41, 5.74) is 2.90. The van der Waals surface area contributed by atoms with Gasteiger partial charge in [0.2, 0.25) is 0 Å². The first-order valence-corrected chi connectivity index (χ1v) is 19.4. The minimum atomic E-state index is -0.840. The number of aryl methyl sites for hydroxylation is 2. The monoisotopic (exact) mass is 793 g/mol. The molecule has 2 heterocycles. The van der Waals surface area contributed by atoms with Crippen molar-refractivity contribution in [2.75, 3.05) is 0 Å². The number of hydrogen-bond acceptors (Lipinski definition) is 3. The van der Waals surface area contributed by atoms with Crippen molar-refractivity contribution in [1.29, 1.82) is 0 Å². The summed E-state index contributed by atoms with van der Waals surface area (Å²) in [7, 11) is -0.0439. The van der Waals surface area contributed by atoms with Gasteiger partial charge >= 0.3 is 16.5 Å². The van der Waals surface area contributed by atoms with Gasteiger partial charge in [-0.1, -0.05) is 72.8 Å². The van der Waals surface area contributed by atoms with Crippen molar-refractivity contribution in [3.8, 4) is 0 Å². The minimum Gasteiger partial charge on any atom is -0.573 e. The van der Waals surface area contributed by atoms with E-state index in [1.165, 1.54) is 32.3 Å². The third kappa shape index (κ3) is 13.5. The fraction of sp³-hybridized carbons (Fsp3) is 0.0513. The Balaban J connectivity index is 0.000000769. The molecule has 6 aromatic rings. The molecule has 0 N–H and O–H groups in total. The molecule has 4 aromatic carbocycles. The van der Waals surface area contributed by atoms with Crippen LogP contribution < -0.4 is 31.3 Å². The summed E-state index contributed by atoms with van der Waals surface area (Å²) in [6, 6.07) is 52.8. The van der Waals surface area contributed by atoms with Crippen molar-refractivity contribution >= 4 is 83.9 Å². The normalized spacial score (nSPS) is 9.50. The van der Waals surface area contributed by atoms with Crippen molar-refractivity contribution < 1.29 is 47.4 Å². The van der Waals surface area contributed by atoms with Crippen LogP contribution in [0.15, 0.2) is 157 Å². The van der Waals surface area contributed by atoms with Crippen LogP contribution in [0.5, 0.6) is 0 Å². The SMILES string of the molecule is Cc1ccc[pH+]c1[PH+](c1ccccc1)c1ccccc1.Cc1ccc[pH+]c1[PH+](c1ccccc1)c1ccccc1.[C-]=O.[C-]=O.[CH-]=O.[Ni+2].[Ni]. The summed E-state index contributed by atoms with van der Waals surface area (Å²) in [5, 5.41) is 9.19. The molecule has 0 aliphatic rings. The molecule has 0 saturated heterocycles. The molecular weight excluding hydrogens is 758 g/mol. The second-order valence-corrected chi connectivity index (χ2v) is 17.7. The van der Waals surface area contributed by atoms with E-state index in [9.17, 15) is 0 Å². The van der Waals surface area contributed by atoms with Gasteiger partial charge in [-0.25, -0.2) is 0 Å². The molecule has 248 valence electrons. The van der Waals surface area contributed by atoms with Crippen LogP contribution in [0.4, 0.5) is 0 Å². The molecule has 0 bridgehead atoms. The van der Waals surface area contributed by atoms with Crippen molar-refractivity contribution in [3.63, 3.8) is 0 Å². The van der Waals surface area contributed by atoms with Crippen LogP contribution in [0.3, 0.4) is 0 Å². The third-order valence-electron chi connectivity index (χ3n) is 6.88. The summed E-state index contributed by atoms with van der Waals surface area (Å²) in [6.45, 7) is 16.8. The largest absolute Gasteiger partial charge is 2.00 e. The summed E-state index contributed by atoms with van der Waals surface area (Å²) in [4.78, 5) is 22.8. The van der Waals surface area contributed by atoms with E-state index in [-0.39, 0.29) is 33.0 Å². The van der Waals surface area contributed by atoms with Crippen LogP contribution in [0.1, 0.15) is 11.1 Å². The van der Waals surface area contributed by atoms with E-state index in [0.717, 1.165) is 16.4 Å². The zero-order valence-electron chi connectivity index (χ0n) is 26.4. The first-order chi connectivity index (χ1) is 22.7. The number of hydrogen-bond donors (Lipinski definition) is 0. The molecule has 3 nitrogen and oxygen atoms in total. The maximum atomic E-state index is 7.75. The molecule has 0 aliphatic heterocycles. The number of carbonyl (C=O) groups excluding carboxylic acids is 3. The van der Waals surface area contributed by atoms with Crippen LogP contribution in [0.2, 0.25) is 0 Å². The van der Waals surface area contributed by atoms with Gasteiger partial charge in [-0.15, -0.1) is 0 Å². The van der Waals surface area contributed by atoms with Crippen molar-refractivity contribution in [3.05, 3.63) is 168 Å². The fourth-order valence-electron chi connectivity index (χ4n) is 4.91. The Morgan fingerprint density at radius 1 is 0.438 bits per heavy atom. The van der Waals surface area contributed by atoms with E-state index in [2.05, 4.69) is 191 Å². The van der Waals surface area contributed by atoms with Crippen molar-refractivity contribution in [2.45, 2.75) is 13.8 Å². The maximum absolute atomic E-state index is 7.75. The molecule has 2 aromatic heterocycles. The van der Waals surface area contributed by atoms with Gasteiger partial charge in [0.05, 0.1) is 0 Å². The Morgan fingerprint density at radius 2 is 0.667 bits per heavy atom. The second kappa shape index (κ2) is 26.9. The van der Waals surface area contributed by atoms with Crippen molar-refractivity contribution in [1.82, 2.24) is 0 Å². The summed E-state index contributed by atoms with van der Waals surface area (Å²) in [5.74, 6) is 4.61. The zero-order valence-corrected chi connectivity index (χ0v) is 32.4. The molecule has 2 unspecified atom stereocenters. The van der Waals surface area contributed by atoms with Crippen LogP contribution in [0.25, 0.3) is 0 Å². The van der Waals surface area contributed by atoms with Crippen LogP contribution in [-0.4, -0.2) is 20.4 Å². The Hall–Kier alpha value is -2.96. The van der Waals surface area contributed by atoms with E-state index >= 15 is 0 Å². The molecule has 0 fully saturated rings. The van der Waals surface area contributed by atoms with E-state index in [4.69, 9.17) is 14.4 Å². The first-order valence-electron chi connectivity index (χ1n) is 14.3. The van der Waals surface area contributed by atoms with Gasteiger partial charge in [0, 0.05) is 27.6 Å². The molecule has 0 amide bonds. The quantitative estimate of drug-likeness (QED) is 0.0836. The molecule has 0 spiro atoms. The van der Waals surface area contributed by atoms with Crippen molar-refractivity contribution in [2.24, 2.45) is 0 Å². The second-order valence-electron chi connectivity index (χ2n) is 9.67. The summed E-state index contributed by atoms with van der Waals surface area (Å²) in [6.07, 6.45) is 0. The van der Waals surface area contributed by atoms with Gasteiger partial charge in [0.15, 0.2) is 16.4 Å². The van der Waals surface area contributed by atoms with Gasteiger partial charge < -0.3 is 28.0 Å². The molecule has 9 heteroatoms. The van der Waals surface area contributed by atoms with Gasteiger partial charge in [-0.05, 0) is 86.6 Å². The Morgan fingerprint density at radius 3 is 0.875 bits per heavy atom. The molecule has 2 radical (unpaired) electrons. The molecule has 0 saturated carbocycles. The van der Waals surface area contributed by atoms with Crippen LogP contribution in [0, 0.1) is 13.8 Å². The average Bonchev–Trinajstić information content (AvgIpc) is 3.15. The van der Waals surface area contributed by atoms with E-state index in [1.54, 1.807) is 10.1 Å². The Labute approximate surface area is 311 Å². The first kappa shape index (κ1) is 45.0. The van der Waals surface area contributed by atoms with E-state index < -0.39 is 15.8 Å². The standard InChI is InChI=1S/2C18H16P2.CHO.2CO.2Ni/c2*1-15-9-8-14-19-18(15)20(16-10-4-2-5-11-16)17-12-6-3-7-13-17;3*1-2;;/h2*2-14H,1H3;1H;;;;/q;;3*-1;;+2/p+4. The molecule has 6 rings (SSSR count). The third-order valence-corrected chi connectivity index (χ3v) is 16.8. The summed E-state index contributed by atoms with van der Waals surface area (Å²) < 4.78 is 0. The van der Waals surface area contributed by atoms with Gasteiger partial charge in [-0.2, -0.15) is 0 Å². The van der Waals surface area contributed by atoms with Gasteiger partial charge in [0.1, 0.15) is 48.7 Å². The Bertz CT molecular complexity index is 1480. The predicted molar refractivity (Wildman–Crippen MR) is 209 cm³/mol. The number of rotatable bonds is 6. The fourth-order valence-corrected chi connectivity index (χ4v) is 14.5. The van der Waals surface area contributed by atoms with Gasteiger partial charge in [0.25, 0.3) is 10.1 Å². The van der Waals surface area contributed by atoms with Crippen LogP contribution in [-0.2, 0) is 47.4 Å². The van der Waals surface area contributed by atoms with Crippen LogP contribution >= 0.6 is 32.2 Å². The molecular formula is C39H37Ni2O3P4+3. The topological polar surface area (TPSA) is 51.2 Å². The van der Waals surface area contributed by atoms with E-state index in [1.807, 2.05) is 0 Å². The van der Waals surface area contributed by atoms with E-state index in [0.29, 0.717) is 0 Å².